The normalized spacial score (nSPS) is 31.5. The van der Waals surface area contributed by atoms with Crippen LogP contribution in [0.25, 0.3) is 0 Å². The van der Waals surface area contributed by atoms with Crippen molar-refractivity contribution >= 4 is 23.6 Å². The van der Waals surface area contributed by atoms with Crippen molar-refractivity contribution < 1.29 is 39.9 Å². The van der Waals surface area contributed by atoms with E-state index in [0.29, 0.717) is 0 Å². The van der Waals surface area contributed by atoms with Gasteiger partial charge in [-0.05, 0) is 12.3 Å². The lowest BCUT2D eigenvalue weighted by molar-refractivity contribution is -0.205. The van der Waals surface area contributed by atoms with Gasteiger partial charge < -0.3 is 41.3 Å². The highest BCUT2D eigenvalue weighted by molar-refractivity contribution is 7.99. The summed E-state index contributed by atoms with van der Waals surface area (Å²) < 4.78 is 5.30. The van der Waals surface area contributed by atoms with Crippen LogP contribution in [0.2, 0.25) is 0 Å². The van der Waals surface area contributed by atoms with Crippen LogP contribution in [0.5, 0.6) is 0 Å². The van der Waals surface area contributed by atoms with E-state index >= 15 is 0 Å². The molecule has 0 aromatic rings. The van der Waals surface area contributed by atoms with Crippen LogP contribution < -0.4 is 11.1 Å². The Morgan fingerprint density at radius 2 is 1.81 bits per heavy atom. The van der Waals surface area contributed by atoms with Gasteiger partial charge in [-0.15, -0.1) is 11.8 Å². The van der Waals surface area contributed by atoms with E-state index in [9.17, 15) is 24.9 Å². The first-order valence-corrected chi connectivity index (χ1v) is 9.34. The Kier molecular flexibility index (Phi) is 9.24. The molecule has 0 aromatic carbocycles. The molecule has 0 unspecified atom stereocenters. The summed E-state index contributed by atoms with van der Waals surface area (Å²) in [5.74, 6) is -1.77. The van der Waals surface area contributed by atoms with Gasteiger partial charge in [0.1, 0.15) is 35.9 Å². The zero-order valence-corrected chi connectivity index (χ0v) is 15.5. The first kappa shape index (κ1) is 23.1. The summed E-state index contributed by atoms with van der Waals surface area (Å²) in [4.78, 5) is 23.3. The second-order valence-corrected chi connectivity index (χ2v) is 7.80. The molecule has 0 bridgehead atoms. The molecule has 1 rings (SSSR count). The molecule has 0 aromatic heterocycles. The van der Waals surface area contributed by atoms with Crippen LogP contribution in [-0.4, -0.2) is 91.7 Å². The second-order valence-electron chi connectivity index (χ2n) is 6.67. The number of hydrogen-bond donors (Lipinski definition) is 7. The fraction of sp³-hybridized carbons (Fsp3) is 0.867. The number of hydrogen-bond acceptors (Lipinski definition) is 9. The topological polar surface area (TPSA) is 183 Å². The maximum atomic E-state index is 12.1. The summed E-state index contributed by atoms with van der Waals surface area (Å²) in [6.45, 7) is 3.11. The van der Waals surface area contributed by atoms with Crippen molar-refractivity contribution in [2.75, 3.05) is 12.4 Å². The number of rotatable bonds is 9. The molecule has 1 amide bonds. The molecule has 8 N–H and O–H groups in total. The second kappa shape index (κ2) is 10.4. The van der Waals surface area contributed by atoms with E-state index in [1.54, 1.807) is 0 Å². The molecule has 1 fully saturated rings. The fourth-order valence-corrected chi connectivity index (χ4v) is 3.58. The number of nitrogens with one attached hydrogen (secondary N) is 1. The van der Waals surface area contributed by atoms with Crippen molar-refractivity contribution in [3.05, 3.63) is 0 Å². The van der Waals surface area contributed by atoms with Crippen molar-refractivity contribution in [2.45, 2.75) is 62.2 Å². The molecule has 11 heteroatoms. The number of ether oxygens (including phenoxy) is 1. The smallest absolute Gasteiger partial charge is 0.326 e. The van der Waals surface area contributed by atoms with Crippen molar-refractivity contribution in [1.82, 2.24) is 5.32 Å². The Labute approximate surface area is 155 Å². The summed E-state index contributed by atoms with van der Waals surface area (Å²) in [7, 11) is 0. The van der Waals surface area contributed by atoms with Gasteiger partial charge in [-0.3, -0.25) is 4.79 Å². The number of carbonyl (C=O) groups is 2. The summed E-state index contributed by atoms with van der Waals surface area (Å²) in [6, 6.07) is -2.12. The van der Waals surface area contributed by atoms with Crippen molar-refractivity contribution in [2.24, 2.45) is 11.7 Å². The Morgan fingerprint density at radius 3 is 2.31 bits per heavy atom. The Balaban J connectivity index is 2.57. The van der Waals surface area contributed by atoms with Gasteiger partial charge in [-0.25, -0.2) is 4.79 Å². The number of carbonyl (C=O) groups excluding carboxylic acids is 1. The van der Waals surface area contributed by atoms with Gasteiger partial charge in [0.25, 0.3) is 0 Å². The summed E-state index contributed by atoms with van der Waals surface area (Å²) >= 11 is 0.928. The van der Waals surface area contributed by atoms with E-state index in [2.05, 4.69) is 5.32 Å². The van der Waals surface area contributed by atoms with Crippen molar-refractivity contribution in [3.8, 4) is 0 Å². The molecule has 26 heavy (non-hydrogen) atoms. The average Bonchev–Trinajstić information content (AvgIpc) is 2.57. The molecule has 10 nitrogen and oxygen atoms in total. The molecule has 0 saturated carbocycles. The van der Waals surface area contributed by atoms with E-state index in [0.717, 1.165) is 11.8 Å². The lowest BCUT2D eigenvalue weighted by atomic mass is 10.0. The number of carboxylic acid groups (broad SMARTS) is 1. The third-order valence-electron chi connectivity index (χ3n) is 3.95. The quantitative estimate of drug-likeness (QED) is 0.219. The maximum absolute atomic E-state index is 12.1. The summed E-state index contributed by atoms with van der Waals surface area (Å²) in [5, 5.41) is 50.0. The Morgan fingerprint density at radius 1 is 1.19 bits per heavy atom. The van der Waals surface area contributed by atoms with Crippen LogP contribution in [0.15, 0.2) is 0 Å². The number of aliphatic hydroxyl groups is 4. The lowest BCUT2D eigenvalue weighted by Gasteiger charge is -2.39. The van der Waals surface area contributed by atoms with Crippen molar-refractivity contribution in [1.29, 1.82) is 0 Å². The zero-order valence-electron chi connectivity index (χ0n) is 14.7. The molecule has 7 atom stereocenters. The minimum absolute atomic E-state index is 0.0253. The third-order valence-corrected chi connectivity index (χ3v) is 5.22. The van der Waals surface area contributed by atoms with E-state index in [4.69, 9.17) is 20.7 Å². The summed E-state index contributed by atoms with van der Waals surface area (Å²) in [5.41, 5.74) is 4.76. The lowest BCUT2D eigenvalue weighted by Crippen LogP contribution is -2.58. The SMILES string of the molecule is CC(C)C[C@H](NC(=O)[C@@H](N)CS[C@@H]1O[C@H](CO)[C@@H](O)[C@H](O)[C@H]1O)C(=O)O. The molecule has 1 saturated heterocycles. The molecular formula is C15H28N2O8S. The molecule has 1 aliphatic rings. The highest BCUT2D eigenvalue weighted by Gasteiger charge is 2.43. The van der Waals surface area contributed by atoms with Crippen molar-refractivity contribution in [3.63, 3.8) is 0 Å². The molecule has 0 spiro atoms. The largest absolute Gasteiger partial charge is 0.480 e. The first-order valence-electron chi connectivity index (χ1n) is 8.29. The fourth-order valence-electron chi connectivity index (χ4n) is 2.45. The predicted octanol–water partition coefficient (Wildman–Crippen LogP) is -2.54. The highest BCUT2D eigenvalue weighted by atomic mass is 32.2. The van der Waals surface area contributed by atoms with E-state index in [1.807, 2.05) is 13.8 Å². The number of aliphatic hydroxyl groups excluding tert-OH is 4. The van der Waals surface area contributed by atoms with Gasteiger partial charge in [-0.1, -0.05) is 13.8 Å². The maximum Gasteiger partial charge on any atom is 0.326 e. The van der Waals surface area contributed by atoms with Crippen LogP contribution >= 0.6 is 11.8 Å². The van der Waals surface area contributed by atoms with E-state index in [1.165, 1.54) is 0 Å². The molecule has 1 aliphatic heterocycles. The predicted molar refractivity (Wildman–Crippen MR) is 93.2 cm³/mol. The third kappa shape index (κ3) is 6.34. The molecule has 1 heterocycles. The monoisotopic (exact) mass is 396 g/mol. The van der Waals surface area contributed by atoms with Gasteiger partial charge in [0, 0.05) is 5.75 Å². The number of nitrogens with two attached hydrogens (primary N) is 1. The molecule has 152 valence electrons. The summed E-state index contributed by atoms with van der Waals surface area (Å²) in [6.07, 6.45) is -5.19. The van der Waals surface area contributed by atoms with E-state index < -0.39 is 60.4 Å². The first-order chi connectivity index (χ1) is 12.1. The van der Waals surface area contributed by atoms with Gasteiger partial charge in [-0.2, -0.15) is 0 Å². The zero-order chi connectivity index (χ0) is 20.0. The molecule has 0 aliphatic carbocycles. The number of amides is 1. The van der Waals surface area contributed by atoms with Crippen LogP contribution in [-0.2, 0) is 14.3 Å². The molecule has 0 radical (unpaired) electrons. The highest BCUT2D eigenvalue weighted by Crippen LogP contribution is 2.28. The minimum Gasteiger partial charge on any atom is -0.480 e. The number of carboxylic acids is 1. The van der Waals surface area contributed by atoms with Gasteiger partial charge in [0.15, 0.2) is 0 Å². The van der Waals surface area contributed by atoms with E-state index in [-0.39, 0.29) is 18.1 Å². The average molecular weight is 396 g/mol. The van der Waals surface area contributed by atoms with Gasteiger partial charge in [0.2, 0.25) is 5.91 Å². The Bertz CT molecular complexity index is 479. The van der Waals surface area contributed by atoms with Gasteiger partial charge in [0.05, 0.1) is 12.6 Å². The van der Waals surface area contributed by atoms with Crippen LogP contribution in [0.1, 0.15) is 20.3 Å². The number of thioether (sulfide) groups is 1. The Hall–Kier alpha value is -0.950. The standard InChI is InChI=1S/C15H28N2O8S/c1-6(2)3-8(14(23)24)17-13(22)7(16)5-26-15-12(21)11(20)10(19)9(4-18)25-15/h6-12,15,18-21H,3-5,16H2,1-2H3,(H,17,22)(H,23,24)/t7-,8-,9+,10+,11-,12+,15-/m0/s1. The van der Waals surface area contributed by atoms with Crippen LogP contribution in [0, 0.1) is 5.92 Å². The van der Waals surface area contributed by atoms with Crippen LogP contribution in [0.3, 0.4) is 0 Å². The van der Waals surface area contributed by atoms with Gasteiger partial charge >= 0.3 is 5.97 Å². The molecular weight excluding hydrogens is 368 g/mol. The van der Waals surface area contributed by atoms with Crippen LogP contribution in [0.4, 0.5) is 0 Å². The number of aliphatic carboxylic acids is 1. The minimum atomic E-state index is -1.51.